The largest absolute Gasteiger partial charge is 0.339 e. The number of imide groups is 1. The molecule has 28 heavy (non-hydrogen) atoms. The summed E-state index contributed by atoms with van der Waals surface area (Å²) < 4.78 is 13.4. The van der Waals surface area contributed by atoms with Crippen molar-refractivity contribution in [3.8, 4) is 0 Å². The Labute approximate surface area is 164 Å². The second-order valence-electron chi connectivity index (χ2n) is 8.29. The van der Waals surface area contributed by atoms with Crippen LogP contribution in [0.3, 0.4) is 0 Å². The quantitative estimate of drug-likeness (QED) is 0.731. The van der Waals surface area contributed by atoms with Gasteiger partial charge in [0.05, 0.1) is 11.8 Å². The minimum absolute atomic E-state index is 0.0191. The average Bonchev–Trinajstić information content (AvgIpc) is 3.24. The second kappa shape index (κ2) is 8.02. The zero-order valence-electron chi connectivity index (χ0n) is 16.1. The van der Waals surface area contributed by atoms with Crippen LogP contribution in [0.15, 0.2) is 24.3 Å². The zero-order valence-corrected chi connectivity index (χ0v) is 16.1. The smallest absolute Gasteiger partial charge is 0.233 e. The van der Waals surface area contributed by atoms with Crippen LogP contribution in [0.4, 0.5) is 4.39 Å². The lowest BCUT2D eigenvalue weighted by Crippen LogP contribution is -2.40. The van der Waals surface area contributed by atoms with Crippen LogP contribution in [-0.4, -0.2) is 46.7 Å². The third-order valence-corrected chi connectivity index (χ3v) is 6.54. The molecule has 2 saturated heterocycles. The molecule has 3 unspecified atom stereocenters. The van der Waals surface area contributed by atoms with Crippen LogP contribution in [0.2, 0.25) is 0 Å². The molecule has 0 N–H and O–H groups in total. The van der Waals surface area contributed by atoms with E-state index in [4.69, 9.17) is 0 Å². The van der Waals surface area contributed by atoms with E-state index in [2.05, 4.69) is 0 Å². The fourth-order valence-electron chi connectivity index (χ4n) is 5.11. The van der Waals surface area contributed by atoms with Crippen LogP contribution in [0.1, 0.15) is 50.5 Å². The number of nitrogens with zero attached hydrogens (tertiary/aromatic N) is 2. The maximum absolute atomic E-state index is 13.4. The van der Waals surface area contributed by atoms with E-state index in [9.17, 15) is 18.8 Å². The monoisotopic (exact) mass is 386 g/mol. The molecule has 3 amide bonds. The summed E-state index contributed by atoms with van der Waals surface area (Å²) in [5, 5.41) is 0. The molecule has 1 saturated carbocycles. The summed E-state index contributed by atoms with van der Waals surface area (Å²) in [6.45, 7) is 0.874. The number of amides is 3. The Morgan fingerprint density at radius 1 is 1.04 bits per heavy atom. The standard InChI is InChI=1S/C22H27FN2O3/c23-16-6-3-5-15(13-16)14-17-7-4-11-24(17)20(26)10-12-25-21(27)18-8-1-2-9-19(18)22(25)28/h3,5-6,13,17-19H,1-2,4,7-12,14H2. The Morgan fingerprint density at radius 3 is 2.43 bits per heavy atom. The van der Waals surface area contributed by atoms with E-state index in [-0.39, 0.29) is 54.4 Å². The maximum Gasteiger partial charge on any atom is 0.233 e. The highest BCUT2D eigenvalue weighted by Gasteiger charge is 2.48. The molecule has 0 spiro atoms. The van der Waals surface area contributed by atoms with E-state index in [1.54, 1.807) is 6.07 Å². The molecule has 0 radical (unpaired) electrons. The number of hydrogen-bond donors (Lipinski definition) is 0. The summed E-state index contributed by atoms with van der Waals surface area (Å²) >= 11 is 0. The lowest BCUT2D eigenvalue weighted by Gasteiger charge is -2.26. The summed E-state index contributed by atoms with van der Waals surface area (Å²) in [6, 6.07) is 6.57. The highest BCUT2D eigenvalue weighted by molar-refractivity contribution is 6.05. The van der Waals surface area contributed by atoms with E-state index in [1.807, 2.05) is 11.0 Å². The van der Waals surface area contributed by atoms with Gasteiger partial charge in [-0.15, -0.1) is 0 Å². The van der Waals surface area contributed by atoms with Gasteiger partial charge in [-0.25, -0.2) is 4.39 Å². The SMILES string of the molecule is O=C1C2CCCCC2C(=O)N1CCC(=O)N1CCCC1Cc1cccc(F)c1. The molecule has 0 bridgehead atoms. The summed E-state index contributed by atoms with van der Waals surface area (Å²) in [5.41, 5.74) is 0.888. The van der Waals surface area contributed by atoms with Gasteiger partial charge in [0.25, 0.3) is 0 Å². The van der Waals surface area contributed by atoms with Gasteiger partial charge in [-0.05, 0) is 49.8 Å². The molecule has 3 aliphatic rings. The molecule has 1 aliphatic carbocycles. The Balaban J connectivity index is 1.35. The van der Waals surface area contributed by atoms with E-state index in [0.29, 0.717) is 13.0 Å². The van der Waals surface area contributed by atoms with Crippen molar-refractivity contribution in [1.29, 1.82) is 0 Å². The van der Waals surface area contributed by atoms with Gasteiger partial charge in [-0.2, -0.15) is 0 Å². The number of benzene rings is 1. The predicted octanol–water partition coefficient (Wildman–Crippen LogP) is 2.92. The summed E-state index contributed by atoms with van der Waals surface area (Å²) in [4.78, 5) is 41.1. The van der Waals surface area contributed by atoms with Crippen molar-refractivity contribution in [3.05, 3.63) is 35.6 Å². The number of fused-ring (bicyclic) bond motifs is 1. The third kappa shape index (κ3) is 3.69. The number of rotatable bonds is 5. The average molecular weight is 386 g/mol. The first-order valence-corrected chi connectivity index (χ1v) is 10.4. The molecule has 0 aromatic heterocycles. The van der Waals surface area contributed by atoms with Crippen molar-refractivity contribution >= 4 is 17.7 Å². The second-order valence-corrected chi connectivity index (χ2v) is 8.29. The summed E-state index contributed by atoms with van der Waals surface area (Å²) in [5.74, 6) is -0.775. The maximum atomic E-state index is 13.4. The molecular weight excluding hydrogens is 359 g/mol. The minimum atomic E-state index is -0.263. The fraction of sp³-hybridized carbons (Fsp3) is 0.591. The van der Waals surface area contributed by atoms with E-state index < -0.39 is 0 Å². The van der Waals surface area contributed by atoms with Crippen molar-refractivity contribution in [2.75, 3.05) is 13.1 Å². The van der Waals surface area contributed by atoms with Crippen molar-refractivity contribution in [3.63, 3.8) is 0 Å². The summed E-state index contributed by atoms with van der Waals surface area (Å²) in [7, 11) is 0. The number of hydrogen-bond acceptors (Lipinski definition) is 3. The molecule has 3 atom stereocenters. The number of carbonyl (C=O) groups is 3. The lowest BCUT2D eigenvalue weighted by molar-refractivity contribution is -0.141. The predicted molar refractivity (Wildman–Crippen MR) is 102 cm³/mol. The minimum Gasteiger partial charge on any atom is -0.339 e. The molecule has 5 nitrogen and oxygen atoms in total. The van der Waals surface area contributed by atoms with Crippen LogP contribution in [0, 0.1) is 17.7 Å². The molecular formula is C22H27FN2O3. The molecule has 1 aromatic carbocycles. The molecule has 2 heterocycles. The van der Waals surface area contributed by atoms with Crippen molar-refractivity contribution in [2.45, 2.75) is 57.4 Å². The Kier molecular flexibility index (Phi) is 5.47. The van der Waals surface area contributed by atoms with Gasteiger partial charge in [-0.3, -0.25) is 19.3 Å². The van der Waals surface area contributed by atoms with E-state index >= 15 is 0 Å². The number of halogens is 1. The highest BCUT2D eigenvalue weighted by atomic mass is 19.1. The van der Waals surface area contributed by atoms with Crippen molar-refractivity contribution < 1.29 is 18.8 Å². The Bertz CT molecular complexity index is 757. The highest BCUT2D eigenvalue weighted by Crippen LogP contribution is 2.38. The molecule has 4 rings (SSSR count). The molecule has 1 aromatic rings. The van der Waals surface area contributed by atoms with E-state index in [0.717, 1.165) is 44.1 Å². The first-order valence-electron chi connectivity index (χ1n) is 10.4. The third-order valence-electron chi connectivity index (χ3n) is 6.54. The topological polar surface area (TPSA) is 57.7 Å². The molecule has 2 aliphatic heterocycles. The Morgan fingerprint density at radius 2 is 1.75 bits per heavy atom. The fourth-order valence-corrected chi connectivity index (χ4v) is 5.11. The van der Waals surface area contributed by atoms with Gasteiger partial charge in [0.15, 0.2) is 0 Å². The van der Waals surface area contributed by atoms with Gasteiger partial charge < -0.3 is 4.90 Å². The van der Waals surface area contributed by atoms with Gasteiger partial charge in [0, 0.05) is 25.6 Å². The lowest BCUT2D eigenvalue weighted by atomic mass is 9.81. The van der Waals surface area contributed by atoms with Crippen molar-refractivity contribution in [1.82, 2.24) is 9.80 Å². The Hall–Kier alpha value is -2.24. The summed E-state index contributed by atoms with van der Waals surface area (Å²) in [6.07, 6.45) is 6.23. The van der Waals surface area contributed by atoms with E-state index in [1.165, 1.54) is 17.0 Å². The first kappa shape index (κ1) is 19.1. The number of carbonyl (C=O) groups excluding carboxylic acids is 3. The normalized spacial score (nSPS) is 27.4. The van der Waals surface area contributed by atoms with Gasteiger partial charge in [0.2, 0.25) is 17.7 Å². The van der Waals surface area contributed by atoms with Crippen LogP contribution >= 0.6 is 0 Å². The molecule has 150 valence electrons. The van der Waals surface area contributed by atoms with Gasteiger partial charge >= 0.3 is 0 Å². The molecule has 6 heteroatoms. The van der Waals surface area contributed by atoms with Gasteiger partial charge in [0.1, 0.15) is 5.82 Å². The van der Waals surface area contributed by atoms with Crippen LogP contribution in [-0.2, 0) is 20.8 Å². The molecule has 3 fully saturated rings. The van der Waals surface area contributed by atoms with Crippen LogP contribution in [0.5, 0.6) is 0 Å². The zero-order chi connectivity index (χ0) is 19.7. The van der Waals surface area contributed by atoms with Gasteiger partial charge in [-0.1, -0.05) is 25.0 Å². The van der Waals surface area contributed by atoms with Crippen LogP contribution < -0.4 is 0 Å². The first-order chi connectivity index (χ1) is 13.5. The van der Waals surface area contributed by atoms with Crippen LogP contribution in [0.25, 0.3) is 0 Å². The number of likely N-dealkylation sites (tertiary alicyclic amines) is 2. The van der Waals surface area contributed by atoms with Crippen molar-refractivity contribution in [2.24, 2.45) is 11.8 Å².